The number of nitrogens with one attached hydrogen (secondary N) is 2. The summed E-state index contributed by atoms with van der Waals surface area (Å²) in [6.45, 7) is 0. The van der Waals surface area contributed by atoms with E-state index in [9.17, 15) is 13.2 Å². The first-order chi connectivity index (χ1) is 9.92. The van der Waals surface area contributed by atoms with Gasteiger partial charge in [0, 0.05) is 5.69 Å². The molecule has 5 nitrogen and oxygen atoms in total. The Bertz CT molecular complexity index is 614. The van der Waals surface area contributed by atoms with Gasteiger partial charge in [-0.15, -0.1) is 0 Å². The quantitative estimate of drug-likeness (QED) is 0.597. The van der Waals surface area contributed by atoms with Crippen LogP contribution in [0.2, 0.25) is 0 Å². The van der Waals surface area contributed by atoms with Gasteiger partial charge in [-0.25, -0.2) is 10.8 Å². The van der Waals surface area contributed by atoms with E-state index >= 15 is 0 Å². The van der Waals surface area contributed by atoms with E-state index in [1.165, 1.54) is 7.11 Å². The Kier molecular flexibility index (Phi) is 4.18. The van der Waals surface area contributed by atoms with E-state index in [-0.39, 0.29) is 11.6 Å². The average Bonchev–Trinajstić information content (AvgIpc) is 2.46. The molecule has 0 fully saturated rings. The van der Waals surface area contributed by atoms with E-state index in [0.717, 1.165) is 12.1 Å². The molecule has 0 aliphatic heterocycles. The normalized spacial score (nSPS) is 11.1. The van der Waals surface area contributed by atoms with Gasteiger partial charge in [0.15, 0.2) is 0 Å². The van der Waals surface area contributed by atoms with Crippen molar-refractivity contribution in [3.8, 4) is 5.75 Å². The number of hydrogen-bond donors (Lipinski definition) is 3. The van der Waals surface area contributed by atoms with Crippen molar-refractivity contribution in [3.05, 3.63) is 42.0 Å². The summed E-state index contributed by atoms with van der Waals surface area (Å²) in [5.41, 5.74) is 1.84. The van der Waals surface area contributed by atoms with Gasteiger partial charge >= 0.3 is 6.18 Å². The van der Waals surface area contributed by atoms with Crippen LogP contribution >= 0.6 is 0 Å². The number of halogens is 3. The van der Waals surface area contributed by atoms with Gasteiger partial charge in [0.05, 0.1) is 12.7 Å². The SMILES string of the molecule is COc1ccc(Nc2cc(C(F)(F)F)cc(NN)n2)cc1. The van der Waals surface area contributed by atoms with Crippen LogP contribution in [0.15, 0.2) is 36.4 Å². The molecule has 0 unspecified atom stereocenters. The number of pyridine rings is 1. The number of nitrogen functional groups attached to an aromatic ring is 1. The highest BCUT2D eigenvalue weighted by atomic mass is 19.4. The summed E-state index contributed by atoms with van der Waals surface area (Å²) in [6.07, 6.45) is -4.48. The van der Waals surface area contributed by atoms with Crippen molar-refractivity contribution >= 4 is 17.3 Å². The highest BCUT2D eigenvalue weighted by Gasteiger charge is 2.31. The lowest BCUT2D eigenvalue weighted by molar-refractivity contribution is -0.137. The van der Waals surface area contributed by atoms with E-state index in [4.69, 9.17) is 10.6 Å². The Morgan fingerprint density at radius 3 is 2.24 bits per heavy atom. The number of nitrogens with zero attached hydrogens (tertiary/aromatic N) is 1. The molecule has 8 heteroatoms. The molecular weight excluding hydrogens is 285 g/mol. The van der Waals surface area contributed by atoms with Crippen molar-refractivity contribution in [2.45, 2.75) is 6.18 Å². The zero-order valence-electron chi connectivity index (χ0n) is 11.0. The van der Waals surface area contributed by atoms with Gasteiger partial charge in [-0.3, -0.25) is 0 Å². The number of methoxy groups -OCH3 is 1. The van der Waals surface area contributed by atoms with Crippen LogP contribution in [-0.4, -0.2) is 12.1 Å². The molecule has 0 spiro atoms. The Morgan fingerprint density at radius 1 is 1.10 bits per heavy atom. The summed E-state index contributed by atoms with van der Waals surface area (Å²) in [4.78, 5) is 3.92. The van der Waals surface area contributed by atoms with Gasteiger partial charge in [0.2, 0.25) is 0 Å². The van der Waals surface area contributed by atoms with E-state index in [1.54, 1.807) is 24.3 Å². The highest BCUT2D eigenvalue weighted by Crippen LogP contribution is 2.32. The van der Waals surface area contributed by atoms with Crippen LogP contribution in [0.3, 0.4) is 0 Å². The van der Waals surface area contributed by atoms with Gasteiger partial charge in [-0.2, -0.15) is 13.2 Å². The Labute approximate surface area is 118 Å². The van der Waals surface area contributed by atoms with E-state index in [0.29, 0.717) is 11.4 Å². The molecule has 1 aromatic carbocycles. The fourth-order valence-corrected chi connectivity index (χ4v) is 1.65. The minimum Gasteiger partial charge on any atom is -0.497 e. The second kappa shape index (κ2) is 5.88. The van der Waals surface area contributed by atoms with Crippen molar-refractivity contribution in [2.24, 2.45) is 5.84 Å². The first-order valence-corrected chi connectivity index (χ1v) is 5.89. The number of benzene rings is 1. The molecule has 0 aliphatic rings. The summed E-state index contributed by atoms with van der Waals surface area (Å²) in [7, 11) is 1.52. The molecule has 21 heavy (non-hydrogen) atoms. The molecule has 0 amide bonds. The number of anilines is 3. The molecule has 0 radical (unpaired) electrons. The number of nitrogens with two attached hydrogens (primary N) is 1. The van der Waals surface area contributed by atoms with Crippen molar-refractivity contribution in [1.29, 1.82) is 0 Å². The molecular formula is C13H13F3N4O. The number of hydrogen-bond acceptors (Lipinski definition) is 5. The third-order valence-electron chi connectivity index (χ3n) is 2.66. The summed E-state index contributed by atoms with van der Waals surface area (Å²) in [6, 6.07) is 8.42. The van der Waals surface area contributed by atoms with Gasteiger partial charge in [-0.05, 0) is 36.4 Å². The number of alkyl halides is 3. The standard InChI is InChI=1S/C13H13F3N4O/c1-21-10-4-2-9(3-5-10)18-11-6-8(13(14,15)16)7-12(19-11)20-17/h2-7H,17H2,1H3,(H2,18,19,20). The predicted octanol–water partition coefficient (Wildman–Crippen LogP) is 3.14. The number of aromatic nitrogens is 1. The Morgan fingerprint density at radius 2 is 1.71 bits per heavy atom. The first-order valence-electron chi connectivity index (χ1n) is 5.89. The molecule has 112 valence electrons. The minimum absolute atomic E-state index is 0.0305. The summed E-state index contributed by atoms with van der Waals surface area (Å²) >= 11 is 0. The lowest BCUT2D eigenvalue weighted by Gasteiger charge is -2.12. The Balaban J connectivity index is 2.29. The molecule has 1 heterocycles. The highest BCUT2D eigenvalue weighted by molar-refractivity contribution is 5.60. The molecule has 1 aromatic heterocycles. The summed E-state index contributed by atoms with van der Waals surface area (Å²) < 4.78 is 43.3. The molecule has 4 N–H and O–H groups in total. The van der Waals surface area contributed by atoms with Crippen molar-refractivity contribution in [3.63, 3.8) is 0 Å². The zero-order chi connectivity index (χ0) is 15.5. The topological polar surface area (TPSA) is 72.2 Å². The third-order valence-corrected chi connectivity index (χ3v) is 2.66. The van der Waals surface area contributed by atoms with Crippen molar-refractivity contribution in [1.82, 2.24) is 4.98 Å². The van der Waals surface area contributed by atoms with Gasteiger partial charge in [0.25, 0.3) is 0 Å². The van der Waals surface area contributed by atoms with Crippen LogP contribution in [0.5, 0.6) is 5.75 Å². The average molecular weight is 298 g/mol. The fourth-order valence-electron chi connectivity index (χ4n) is 1.65. The Hall–Kier alpha value is -2.48. The van der Waals surface area contributed by atoms with E-state index in [2.05, 4.69) is 15.7 Å². The molecule has 2 rings (SSSR count). The minimum atomic E-state index is -4.48. The first kappa shape index (κ1) is 14.9. The van der Waals surface area contributed by atoms with Crippen LogP contribution in [0.1, 0.15) is 5.56 Å². The lowest BCUT2D eigenvalue weighted by Crippen LogP contribution is -2.13. The molecule has 0 saturated carbocycles. The van der Waals surface area contributed by atoms with Crippen LogP contribution in [0.4, 0.5) is 30.5 Å². The summed E-state index contributed by atoms with van der Waals surface area (Å²) in [5.74, 6) is 5.73. The monoisotopic (exact) mass is 298 g/mol. The van der Waals surface area contributed by atoms with Crippen LogP contribution < -0.4 is 21.3 Å². The van der Waals surface area contributed by atoms with E-state index in [1.807, 2.05) is 0 Å². The summed E-state index contributed by atoms with van der Waals surface area (Å²) in [5, 5.41) is 2.78. The largest absolute Gasteiger partial charge is 0.497 e. The van der Waals surface area contributed by atoms with E-state index < -0.39 is 11.7 Å². The smallest absolute Gasteiger partial charge is 0.416 e. The second-order valence-corrected chi connectivity index (χ2v) is 4.12. The maximum atomic E-state index is 12.8. The second-order valence-electron chi connectivity index (χ2n) is 4.12. The molecule has 0 saturated heterocycles. The number of hydrazine groups is 1. The number of ether oxygens (including phenoxy) is 1. The predicted molar refractivity (Wildman–Crippen MR) is 73.3 cm³/mol. The molecule has 0 aliphatic carbocycles. The van der Waals surface area contributed by atoms with Crippen LogP contribution in [0.25, 0.3) is 0 Å². The maximum absolute atomic E-state index is 12.8. The molecule has 2 aromatic rings. The number of rotatable bonds is 4. The third kappa shape index (κ3) is 3.76. The van der Waals surface area contributed by atoms with Gasteiger partial charge < -0.3 is 15.5 Å². The zero-order valence-corrected chi connectivity index (χ0v) is 11.0. The van der Waals surface area contributed by atoms with Crippen LogP contribution in [-0.2, 0) is 6.18 Å². The fraction of sp³-hybridized carbons (Fsp3) is 0.154. The van der Waals surface area contributed by atoms with Crippen molar-refractivity contribution in [2.75, 3.05) is 17.9 Å². The molecule has 0 atom stereocenters. The maximum Gasteiger partial charge on any atom is 0.416 e. The molecule has 0 bridgehead atoms. The van der Waals surface area contributed by atoms with Gasteiger partial charge in [-0.1, -0.05) is 0 Å². The van der Waals surface area contributed by atoms with Crippen molar-refractivity contribution < 1.29 is 17.9 Å². The van der Waals surface area contributed by atoms with Gasteiger partial charge in [0.1, 0.15) is 17.4 Å². The van der Waals surface area contributed by atoms with Crippen LogP contribution in [0, 0.1) is 0 Å². The lowest BCUT2D eigenvalue weighted by atomic mass is 10.2.